The third-order valence-corrected chi connectivity index (χ3v) is 4.22. The molecule has 0 unspecified atom stereocenters. The molecule has 0 aliphatic carbocycles. The van der Waals surface area contributed by atoms with Crippen LogP contribution in [-0.4, -0.2) is 37.7 Å². The Kier molecular flexibility index (Phi) is 5.86. The summed E-state index contributed by atoms with van der Waals surface area (Å²) in [5, 5.41) is 3.77. The van der Waals surface area contributed by atoms with E-state index in [1.165, 1.54) is 44.5 Å². The zero-order valence-electron chi connectivity index (χ0n) is 13.1. The van der Waals surface area contributed by atoms with Crippen LogP contribution in [0.3, 0.4) is 0 Å². The van der Waals surface area contributed by atoms with Crippen molar-refractivity contribution in [3.63, 3.8) is 0 Å². The fraction of sp³-hybridized carbons (Fsp3) is 0.647. The van der Waals surface area contributed by atoms with E-state index in [2.05, 4.69) is 36.2 Å². The van der Waals surface area contributed by atoms with Crippen LogP contribution in [-0.2, 0) is 0 Å². The highest BCUT2D eigenvalue weighted by Gasteiger charge is 2.21. The molecule has 0 bridgehead atoms. The van der Waals surface area contributed by atoms with Gasteiger partial charge < -0.3 is 15.0 Å². The first-order valence-electron chi connectivity index (χ1n) is 7.86. The number of rotatable bonds is 6. The number of piperidine rings is 1. The highest BCUT2D eigenvalue weighted by Crippen LogP contribution is 2.25. The molecule has 1 aromatic rings. The molecule has 2 rings (SSSR count). The summed E-state index contributed by atoms with van der Waals surface area (Å²) in [6.45, 7) is 8.19. The van der Waals surface area contributed by atoms with Crippen LogP contribution in [0.2, 0.25) is 0 Å². The number of nitrogens with zero attached hydrogens (tertiary/aromatic N) is 1. The van der Waals surface area contributed by atoms with E-state index in [1.807, 2.05) is 12.1 Å². The maximum Gasteiger partial charge on any atom is 0.123 e. The van der Waals surface area contributed by atoms with E-state index >= 15 is 0 Å². The van der Waals surface area contributed by atoms with Gasteiger partial charge in [-0.15, -0.1) is 0 Å². The van der Waals surface area contributed by atoms with E-state index in [-0.39, 0.29) is 0 Å². The molecule has 0 aromatic heterocycles. The van der Waals surface area contributed by atoms with Crippen LogP contribution >= 0.6 is 0 Å². The standard InChI is InChI=1S/C17H28N2O/c1-4-11-19-12-9-15(10-13-19)18-14(2)16-7-5-6-8-17(16)20-3/h5-8,14-15,18H,4,9-13H2,1-3H3/t14-/m0/s1. The van der Waals surface area contributed by atoms with Crippen molar-refractivity contribution < 1.29 is 4.74 Å². The topological polar surface area (TPSA) is 24.5 Å². The zero-order chi connectivity index (χ0) is 14.4. The van der Waals surface area contributed by atoms with Crippen molar-refractivity contribution in [2.24, 2.45) is 0 Å². The van der Waals surface area contributed by atoms with Crippen molar-refractivity contribution in [2.75, 3.05) is 26.7 Å². The number of hydrogen-bond donors (Lipinski definition) is 1. The Labute approximate surface area is 123 Å². The Morgan fingerprint density at radius 2 is 2.00 bits per heavy atom. The summed E-state index contributed by atoms with van der Waals surface area (Å²) in [4.78, 5) is 2.58. The average Bonchev–Trinajstić information content (AvgIpc) is 2.49. The second kappa shape index (κ2) is 7.65. The van der Waals surface area contributed by atoms with Gasteiger partial charge in [0.05, 0.1) is 7.11 Å². The largest absolute Gasteiger partial charge is 0.496 e. The molecule has 0 spiro atoms. The maximum atomic E-state index is 5.46. The number of para-hydroxylation sites is 1. The second-order valence-corrected chi connectivity index (χ2v) is 5.75. The third kappa shape index (κ3) is 3.97. The smallest absolute Gasteiger partial charge is 0.123 e. The van der Waals surface area contributed by atoms with Gasteiger partial charge in [0.1, 0.15) is 5.75 Å². The molecule has 0 radical (unpaired) electrons. The van der Waals surface area contributed by atoms with E-state index in [9.17, 15) is 0 Å². The monoisotopic (exact) mass is 276 g/mol. The van der Waals surface area contributed by atoms with E-state index in [0.29, 0.717) is 12.1 Å². The van der Waals surface area contributed by atoms with Crippen molar-refractivity contribution in [3.8, 4) is 5.75 Å². The predicted molar refractivity (Wildman–Crippen MR) is 84.3 cm³/mol. The quantitative estimate of drug-likeness (QED) is 0.863. The highest BCUT2D eigenvalue weighted by molar-refractivity contribution is 5.35. The lowest BCUT2D eigenvalue weighted by molar-refractivity contribution is 0.192. The summed E-state index contributed by atoms with van der Waals surface area (Å²) in [5.74, 6) is 0.982. The van der Waals surface area contributed by atoms with E-state index in [1.54, 1.807) is 7.11 Å². The van der Waals surface area contributed by atoms with Gasteiger partial charge in [0, 0.05) is 17.6 Å². The Hall–Kier alpha value is -1.06. The Morgan fingerprint density at radius 1 is 1.30 bits per heavy atom. The van der Waals surface area contributed by atoms with Crippen LogP contribution in [0.4, 0.5) is 0 Å². The number of likely N-dealkylation sites (tertiary alicyclic amines) is 1. The van der Waals surface area contributed by atoms with Gasteiger partial charge in [0.25, 0.3) is 0 Å². The molecule has 1 aromatic carbocycles. The van der Waals surface area contributed by atoms with E-state index in [4.69, 9.17) is 4.74 Å². The Bertz CT molecular complexity index is 400. The van der Waals surface area contributed by atoms with Gasteiger partial charge in [-0.25, -0.2) is 0 Å². The molecule has 1 N–H and O–H groups in total. The molecule has 1 fully saturated rings. The van der Waals surface area contributed by atoms with Gasteiger partial charge in [-0.05, 0) is 51.9 Å². The lowest BCUT2D eigenvalue weighted by Crippen LogP contribution is -2.43. The molecule has 1 aliphatic heterocycles. The summed E-state index contributed by atoms with van der Waals surface area (Å²) in [6.07, 6.45) is 3.76. The zero-order valence-corrected chi connectivity index (χ0v) is 13.1. The van der Waals surface area contributed by atoms with Crippen LogP contribution in [0.1, 0.15) is 44.7 Å². The van der Waals surface area contributed by atoms with Crippen LogP contribution in [0.5, 0.6) is 5.75 Å². The molecule has 1 heterocycles. The SMILES string of the molecule is CCCN1CCC(N[C@@H](C)c2ccccc2OC)CC1. The Balaban J connectivity index is 1.87. The van der Waals surface area contributed by atoms with E-state index in [0.717, 1.165) is 5.75 Å². The summed E-state index contributed by atoms with van der Waals surface area (Å²) in [5.41, 5.74) is 1.26. The van der Waals surface area contributed by atoms with Gasteiger partial charge in [0.15, 0.2) is 0 Å². The molecule has 0 saturated carbocycles. The van der Waals surface area contributed by atoms with Crippen molar-refractivity contribution in [1.29, 1.82) is 0 Å². The highest BCUT2D eigenvalue weighted by atomic mass is 16.5. The number of nitrogens with one attached hydrogen (secondary N) is 1. The number of benzene rings is 1. The van der Waals surface area contributed by atoms with Crippen LogP contribution in [0.15, 0.2) is 24.3 Å². The van der Waals surface area contributed by atoms with Crippen LogP contribution in [0.25, 0.3) is 0 Å². The van der Waals surface area contributed by atoms with E-state index < -0.39 is 0 Å². The molecule has 112 valence electrons. The predicted octanol–water partition coefficient (Wildman–Crippen LogP) is 3.22. The minimum absolute atomic E-state index is 0.342. The minimum atomic E-state index is 0.342. The third-order valence-electron chi connectivity index (χ3n) is 4.22. The van der Waals surface area contributed by atoms with Crippen LogP contribution < -0.4 is 10.1 Å². The van der Waals surface area contributed by atoms with Gasteiger partial charge in [-0.3, -0.25) is 0 Å². The van der Waals surface area contributed by atoms with Gasteiger partial charge in [0.2, 0.25) is 0 Å². The first-order chi connectivity index (χ1) is 9.74. The maximum absolute atomic E-state index is 5.46. The minimum Gasteiger partial charge on any atom is -0.496 e. The lowest BCUT2D eigenvalue weighted by Gasteiger charge is -2.34. The van der Waals surface area contributed by atoms with Crippen molar-refractivity contribution in [1.82, 2.24) is 10.2 Å². The fourth-order valence-electron chi connectivity index (χ4n) is 3.11. The summed E-state index contributed by atoms with van der Waals surface area (Å²) in [7, 11) is 1.74. The molecular weight excluding hydrogens is 248 g/mol. The summed E-state index contributed by atoms with van der Waals surface area (Å²) >= 11 is 0. The Morgan fingerprint density at radius 3 is 2.65 bits per heavy atom. The lowest BCUT2D eigenvalue weighted by atomic mass is 10.0. The molecule has 3 nitrogen and oxygen atoms in total. The number of ether oxygens (including phenoxy) is 1. The average molecular weight is 276 g/mol. The molecule has 1 saturated heterocycles. The molecule has 20 heavy (non-hydrogen) atoms. The second-order valence-electron chi connectivity index (χ2n) is 5.75. The molecule has 1 aliphatic rings. The first-order valence-corrected chi connectivity index (χ1v) is 7.86. The number of hydrogen-bond acceptors (Lipinski definition) is 3. The van der Waals surface area contributed by atoms with Gasteiger partial charge in [-0.1, -0.05) is 25.1 Å². The summed E-state index contributed by atoms with van der Waals surface area (Å²) < 4.78 is 5.46. The summed E-state index contributed by atoms with van der Waals surface area (Å²) in [6, 6.07) is 9.27. The molecule has 1 atom stereocenters. The van der Waals surface area contributed by atoms with Gasteiger partial charge in [-0.2, -0.15) is 0 Å². The molecule has 3 heteroatoms. The van der Waals surface area contributed by atoms with Crippen molar-refractivity contribution in [2.45, 2.75) is 45.2 Å². The van der Waals surface area contributed by atoms with Crippen molar-refractivity contribution in [3.05, 3.63) is 29.8 Å². The molecule has 0 amide bonds. The van der Waals surface area contributed by atoms with Gasteiger partial charge >= 0.3 is 0 Å². The molecular formula is C17H28N2O. The normalized spacial score (nSPS) is 18.9. The number of methoxy groups -OCH3 is 1. The van der Waals surface area contributed by atoms with Crippen molar-refractivity contribution >= 4 is 0 Å². The van der Waals surface area contributed by atoms with Crippen LogP contribution in [0, 0.1) is 0 Å². The first kappa shape index (κ1) is 15.3. The fourth-order valence-corrected chi connectivity index (χ4v) is 3.11.